The number of nitrogens with zero attached hydrogens (tertiary/aromatic N) is 2. The second-order valence-electron chi connectivity index (χ2n) is 5.42. The van der Waals surface area contributed by atoms with E-state index in [1.54, 1.807) is 6.07 Å². The predicted octanol–water partition coefficient (Wildman–Crippen LogP) is 4.23. The van der Waals surface area contributed by atoms with Crippen LogP contribution >= 0.6 is 11.6 Å². The van der Waals surface area contributed by atoms with E-state index in [9.17, 15) is 0 Å². The molecule has 0 radical (unpaired) electrons. The molecule has 2 rings (SSSR count). The van der Waals surface area contributed by atoms with Gasteiger partial charge in [0.05, 0.1) is 11.3 Å². The normalized spacial score (nSPS) is 18.4. The molecule has 0 aromatic heterocycles. The molecule has 3 heteroatoms. The molecule has 1 fully saturated rings. The Morgan fingerprint density at radius 2 is 2.06 bits per heavy atom. The Hall–Kier alpha value is -1.20. The minimum Gasteiger partial charge on any atom is -0.370 e. The molecule has 96 valence electrons. The van der Waals surface area contributed by atoms with E-state index in [2.05, 4.69) is 24.8 Å². The van der Waals surface area contributed by atoms with E-state index in [-0.39, 0.29) is 0 Å². The fourth-order valence-electron chi connectivity index (χ4n) is 2.50. The first kappa shape index (κ1) is 13.2. The predicted molar refractivity (Wildman–Crippen MR) is 76.0 cm³/mol. The summed E-state index contributed by atoms with van der Waals surface area (Å²) in [4.78, 5) is 2.29. The van der Waals surface area contributed by atoms with E-state index in [0.717, 1.165) is 24.3 Å². The van der Waals surface area contributed by atoms with Gasteiger partial charge >= 0.3 is 0 Å². The zero-order valence-electron chi connectivity index (χ0n) is 11.0. The molecule has 1 aromatic rings. The SMILES string of the molecule is CCC1(C)CCN(c2cc(Cl)ccc2C#N)CC1. The van der Waals surface area contributed by atoms with Gasteiger partial charge in [-0.1, -0.05) is 31.9 Å². The van der Waals surface area contributed by atoms with Crippen molar-refractivity contribution in [2.24, 2.45) is 5.41 Å². The zero-order chi connectivity index (χ0) is 13.2. The van der Waals surface area contributed by atoms with Crippen molar-refractivity contribution in [3.05, 3.63) is 28.8 Å². The van der Waals surface area contributed by atoms with Crippen LogP contribution in [0, 0.1) is 16.7 Å². The van der Waals surface area contributed by atoms with E-state index in [1.807, 2.05) is 12.1 Å². The average Bonchev–Trinajstić information content (AvgIpc) is 2.39. The fraction of sp³-hybridized carbons (Fsp3) is 0.533. The summed E-state index contributed by atoms with van der Waals surface area (Å²) in [7, 11) is 0. The number of anilines is 1. The van der Waals surface area contributed by atoms with Crippen molar-refractivity contribution >= 4 is 17.3 Å². The van der Waals surface area contributed by atoms with Crippen LogP contribution in [0.3, 0.4) is 0 Å². The van der Waals surface area contributed by atoms with E-state index >= 15 is 0 Å². The summed E-state index contributed by atoms with van der Waals surface area (Å²) in [5.74, 6) is 0. The van der Waals surface area contributed by atoms with Crippen molar-refractivity contribution < 1.29 is 0 Å². The molecule has 0 atom stereocenters. The van der Waals surface area contributed by atoms with Crippen molar-refractivity contribution in [3.8, 4) is 6.07 Å². The third-order valence-electron chi connectivity index (χ3n) is 4.25. The highest BCUT2D eigenvalue weighted by Crippen LogP contribution is 2.36. The van der Waals surface area contributed by atoms with Gasteiger partial charge in [0.1, 0.15) is 6.07 Å². The minimum atomic E-state index is 0.460. The zero-order valence-corrected chi connectivity index (χ0v) is 11.8. The Labute approximate surface area is 114 Å². The highest BCUT2D eigenvalue weighted by molar-refractivity contribution is 6.30. The summed E-state index contributed by atoms with van der Waals surface area (Å²) in [5.41, 5.74) is 2.17. The van der Waals surface area contributed by atoms with Crippen LogP contribution < -0.4 is 4.90 Å². The third kappa shape index (κ3) is 2.62. The largest absolute Gasteiger partial charge is 0.370 e. The first-order valence-electron chi connectivity index (χ1n) is 6.52. The van der Waals surface area contributed by atoms with Gasteiger partial charge < -0.3 is 4.90 Å². The quantitative estimate of drug-likeness (QED) is 0.798. The maximum absolute atomic E-state index is 9.17. The monoisotopic (exact) mass is 262 g/mol. The fourth-order valence-corrected chi connectivity index (χ4v) is 2.67. The van der Waals surface area contributed by atoms with Crippen LogP contribution in [0.15, 0.2) is 18.2 Å². The molecule has 0 N–H and O–H groups in total. The van der Waals surface area contributed by atoms with Gasteiger partial charge in [-0.05, 0) is 36.5 Å². The number of piperidine rings is 1. The standard InChI is InChI=1S/C15H19ClN2/c1-3-15(2)6-8-18(9-7-15)14-10-13(16)5-4-12(14)11-17/h4-5,10H,3,6-9H2,1-2H3. The smallest absolute Gasteiger partial charge is 0.101 e. The lowest BCUT2D eigenvalue weighted by Gasteiger charge is -2.40. The number of benzene rings is 1. The van der Waals surface area contributed by atoms with Crippen molar-refractivity contribution in [3.63, 3.8) is 0 Å². The van der Waals surface area contributed by atoms with E-state index in [0.29, 0.717) is 10.4 Å². The first-order valence-corrected chi connectivity index (χ1v) is 6.90. The van der Waals surface area contributed by atoms with Crippen molar-refractivity contribution in [1.82, 2.24) is 0 Å². The Morgan fingerprint density at radius 3 is 2.61 bits per heavy atom. The van der Waals surface area contributed by atoms with Crippen LogP contribution in [0.5, 0.6) is 0 Å². The number of nitriles is 1. The molecule has 0 aliphatic carbocycles. The topological polar surface area (TPSA) is 27.0 Å². The Kier molecular flexibility index (Phi) is 3.82. The number of rotatable bonds is 2. The lowest BCUT2D eigenvalue weighted by Crippen LogP contribution is -2.38. The molecule has 18 heavy (non-hydrogen) atoms. The third-order valence-corrected chi connectivity index (χ3v) is 4.48. The lowest BCUT2D eigenvalue weighted by atomic mass is 9.78. The first-order chi connectivity index (χ1) is 8.58. The number of halogens is 1. The molecule has 1 aliphatic rings. The molecule has 0 amide bonds. The molecule has 0 spiro atoms. The summed E-state index contributed by atoms with van der Waals surface area (Å²) in [5, 5.41) is 9.87. The summed E-state index contributed by atoms with van der Waals surface area (Å²) in [6.45, 7) is 6.64. The second kappa shape index (κ2) is 5.20. The van der Waals surface area contributed by atoms with Gasteiger partial charge in [0.25, 0.3) is 0 Å². The Bertz CT molecular complexity index is 468. The molecule has 0 unspecified atom stereocenters. The highest BCUT2D eigenvalue weighted by Gasteiger charge is 2.29. The molecule has 1 saturated heterocycles. The van der Waals surface area contributed by atoms with Crippen LogP contribution in [0.1, 0.15) is 38.7 Å². The van der Waals surface area contributed by atoms with Crippen LogP contribution in [0.2, 0.25) is 5.02 Å². The van der Waals surface area contributed by atoms with E-state index < -0.39 is 0 Å². The van der Waals surface area contributed by atoms with Gasteiger partial charge in [-0.15, -0.1) is 0 Å². The molecule has 1 heterocycles. The van der Waals surface area contributed by atoms with Gasteiger partial charge in [0, 0.05) is 18.1 Å². The van der Waals surface area contributed by atoms with Crippen molar-refractivity contribution in [1.29, 1.82) is 5.26 Å². The summed E-state index contributed by atoms with van der Waals surface area (Å²) >= 11 is 6.04. The molecule has 2 nitrogen and oxygen atoms in total. The van der Waals surface area contributed by atoms with Gasteiger partial charge in [-0.25, -0.2) is 0 Å². The Balaban J connectivity index is 2.20. The maximum atomic E-state index is 9.17. The van der Waals surface area contributed by atoms with Gasteiger partial charge in [0.15, 0.2) is 0 Å². The maximum Gasteiger partial charge on any atom is 0.101 e. The van der Waals surface area contributed by atoms with Crippen LogP contribution in [-0.2, 0) is 0 Å². The van der Waals surface area contributed by atoms with Crippen molar-refractivity contribution in [2.75, 3.05) is 18.0 Å². The molecule has 0 saturated carbocycles. The van der Waals surface area contributed by atoms with Crippen LogP contribution in [0.4, 0.5) is 5.69 Å². The van der Waals surface area contributed by atoms with Gasteiger partial charge in [-0.2, -0.15) is 5.26 Å². The molecular weight excluding hydrogens is 244 g/mol. The Morgan fingerprint density at radius 1 is 1.39 bits per heavy atom. The lowest BCUT2D eigenvalue weighted by molar-refractivity contribution is 0.238. The summed E-state index contributed by atoms with van der Waals surface area (Å²) in [6, 6.07) is 7.76. The molecule has 1 aliphatic heterocycles. The molecule has 1 aromatic carbocycles. The summed E-state index contributed by atoms with van der Waals surface area (Å²) in [6.07, 6.45) is 3.59. The van der Waals surface area contributed by atoms with E-state index in [1.165, 1.54) is 19.3 Å². The van der Waals surface area contributed by atoms with E-state index in [4.69, 9.17) is 16.9 Å². The minimum absolute atomic E-state index is 0.460. The highest BCUT2D eigenvalue weighted by atomic mass is 35.5. The van der Waals surface area contributed by atoms with Gasteiger partial charge in [0.2, 0.25) is 0 Å². The number of hydrogen-bond acceptors (Lipinski definition) is 2. The van der Waals surface area contributed by atoms with Crippen LogP contribution in [-0.4, -0.2) is 13.1 Å². The average molecular weight is 263 g/mol. The van der Waals surface area contributed by atoms with Gasteiger partial charge in [-0.3, -0.25) is 0 Å². The summed E-state index contributed by atoms with van der Waals surface area (Å²) < 4.78 is 0. The van der Waals surface area contributed by atoms with Crippen molar-refractivity contribution in [2.45, 2.75) is 33.1 Å². The van der Waals surface area contributed by atoms with Crippen LogP contribution in [0.25, 0.3) is 0 Å². The molecule has 0 bridgehead atoms. The number of hydrogen-bond donors (Lipinski definition) is 0. The molecular formula is C15H19ClN2. The second-order valence-corrected chi connectivity index (χ2v) is 5.86.